The first-order chi connectivity index (χ1) is 11.5. The van der Waals surface area contributed by atoms with Crippen LogP contribution in [-0.4, -0.2) is 23.3 Å². The van der Waals surface area contributed by atoms with Crippen molar-refractivity contribution in [3.05, 3.63) is 47.7 Å². The molecule has 8 heteroatoms. The smallest absolute Gasteiger partial charge is 0.227 e. The number of anilines is 1. The molecule has 1 aromatic heterocycles. The van der Waals surface area contributed by atoms with Gasteiger partial charge in [0.25, 0.3) is 0 Å². The van der Waals surface area contributed by atoms with Crippen LogP contribution in [0, 0.1) is 24.5 Å². The minimum Gasteiger partial charge on any atom is -0.448 e. The van der Waals surface area contributed by atoms with Crippen LogP contribution < -0.4 is 10.2 Å². The topological polar surface area (TPSA) is 75.4 Å². The molecule has 2 heterocycles. The summed E-state index contributed by atoms with van der Waals surface area (Å²) < 4.78 is 31.9. The Morgan fingerprint density at radius 2 is 2.25 bits per heavy atom. The van der Waals surface area contributed by atoms with Gasteiger partial charge in [-0.15, -0.1) is 0 Å². The first kappa shape index (κ1) is 16.1. The van der Waals surface area contributed by atoms with Crippen molar-refractivity contribution in [2.45, 2.75) is 19.9 Å². The second kappa shape index (κ2) is 6.38. The number of carbonyl (C=O) groups excluding carboxylic acids is 2. The highest BCUT2D eigenvalue weighted by atomic mass is 19.1. The first-order valence-corrected chi connectivity index (χ1v) is 7.38. The number of aryl methyl sites for hydroxylation is 1. The summed E-state index contributed by atoms with van der Waals surface area (Å²) in [6.45, 7) is 1.97. The van der Waals surface area contributed by atoms with Crippen LogP contribution in [0.2, 0.25) is 0 Å². The number of hydrogen-bond acceptors (Lipinski definition) is 4. The lowest BCUT2D eigenvalue weighted by molar-refractivity contribution is -0.126. The lowest BCUT2D eigenvalue weighted by Crippen LogP contribution is -2.33. The van der Waals surface area contributed by atoms with Gasteiger partial charge in [0.2, 0.25) is 11.8 Å². The highest BCUT2D eigenvalue weighted by Gasteiger charge is 2.36. The molecule has 0 spiro atoms. The van der Waals surface area contributed by atoms with Crippen molar-refractivity contribution in [1.29, 1.82) is 0 Å². The fourth-order valence-electron chi connectivity index (χ4n) is 2.63. The average Bonchev–Trinajstić information content (AvgIpc) is 3.11. The lowest BCUT2D eigenvalue weighted by Gasteiger charge is -2.17. The molecule has 1 atom stereocenters. The van der Waals surface area contributed by atoms with Crippen LogP contribution in [-0.2, 0) is 16.1 Å². The molecule has 0 aliphatic carbocycles. The van der Waals surface area contributed by atoms with Crippen molar-refractivity contribution in [2.75, 3.05) is 11.4 Å². The van der Waals surface area contributed by atoms with E-state index >= 15 is 0 Å². The van der Waals surface area contributed by atoms with Crippen molar-refractivity contribution in [2.24, 2.45) is 5.92 Å². The third-order valence-corrected chi connectivity index (χ3v) is 3.97. The van der Waals surface area contributed by atoms with Gasteiger partial charge in [-0.2, -0.15) is 0 Å². The van der Waals surface area contributed by atoms with Gasteiger partial charge in [0.15, 0.2) is 6.39 Å². The number of oxazole rings is 1. The van der Waals surface area contributed by atoms with E-state index in [2.05, 4.69) is 10.3 Å². The lowest BCUT2D eigenvalue weighted by atomic mass is 10.1. The zero-order chi connectivity index (χ0) is 17.3. The molecule has 2 aromatic rings. The van der Waals surface area contributed by atoms with E-state index < -0.39 is 17.6 Å². The molecule has 1 unspecified atom stereocenters. The molecular formula is C16H15F2N3O3. The van der Waals surface area contributed by atoms with E-state index in [1.807, 2.05) is 0 Å². The Morgan fingerprint density at radius 3 is 2.92 bits per heavy atom. The van der Waals surface area contributed by atoms with Gasteiger partial charge in [0, 0.05) is 19.0 Å². The van der Waals surface area contributed by atoms with Crippen LogP contribution in [0.3, 0.4) is 0 Å². The van der Waals surface area contributed by atoms with Crippen molar-refractivity contribution < 1.29 is 22.8 Å². The quantitative estimate of drug-likeness (QED) is 0.926. The van der Waals surface area contributed by atoms with Crippen LogP contribution in [0.15, 0.2) is 29.0 Å². The van der Waals surface area contributed by atoms with Gasteiger partial charge in [0.05, 0.1) is 18.2 Å². The number of hydrogen-bond donors (Lipinski definition) is 1. The molecule has 0 saturated carbocycles. The maximum absolute atomic E-state index is 13.8. The van der Waals surface area contributed by atoms with E-state index in [-0.39, 0.29) is 37.0 Å². The number of carbonyl (C=O) groups is 2. The third-order valence-electron chi connectivity index (χ3n) is 3.97. The summed E-state index contributed by atoms with van der Waals surface area (Å²) >= 11 is 0. The largest absolute Gasteiger partial charge is 0.448 e. The van der Waals surface area contributed by atoms with Gasteiger partial charge >= 0.3 is 0 Å². The highest BCUT2D eigenvalue weighted by molar-refractivity contribution is 6.00. The van der Waals surface area contributed by atoms with E-state index in [1.165, 1.54) is 17.4 Å². The van der Waals surface area contributed by atoms with Crippen molar-refractivity contribution in [3.63, 3.8) is 0 Å². The van der Waals surface area contributed by atoms with E-state index in [0.29, 0.717) is 17.5 Å². The van der Waals surface area contributed by atoms with Crippen molar-refractivity contribution >= 4 is 17.5 Å². The standard InChI is InChI=1S/C16H15F2N3O3/c1-9-13(20-8-24-9)6-19-16(23)10-4-15(22)21(7-10)14-3-2-11(17)5-12(14)18/h2-3,5,8,10H,4,6-7H2,1H3,(H,19,23). The molecule has 3 rings (SSSR count). The molecule has 2 amide bonds. The number of benzene rings is 1. The second-order valence-corrected chi connectivity index (χ2v) is 5.57. The molecular weight excluding hydrogens is 320 g/mol. The highest BCUT2D eigenvalue weighted by Crippen LogP contribution is 2.28. The Balaban J connectivity index is 1.65. The molecule has 0 bridgehead atoms. The minimum atomic E-state index is -0.831. The number of nitrogens with one attached hydrogen (secondary N) is 1. The maximum atomic E-state index is 13.8. The summed E-state index contributed by atoms with van der Waals surface area (Å²) in [6.07, 6.45) is 1.26. The van der Waals surface area contributed by atoms with Crippen LogP contribution in [0.25, 0.3) is 0 Å². The second-order valence-electron chi connectivity index (χ2n) is 5.57. The fourth-order valence-corrected chi connectivity index (χ4v) is 2.63. The summed E-state index contributed by atoms with van der Waals surface area (Å²) in [6, 6.07) is 2.98. The zero-order valence-electron chi connectivity index (χ0n) is 12.9. The summed E-state index contributed by atoms with van der Waals surface area (Å²) in [5, 5.41) is 2.69. The van der Waals surface area contributed by atoms with Crippen LogP contribution in [0.4, 0.5) is 14.5 Å². The number of halogens is 2. The predicted molar refractivity (Wildman–Crippen MR) is 79.9 cm³/mol. The van der Waals surface area contributed by atoms with Gasteiger partial charge in [0.1, 0.15) is 23.1 Å². The molecule has 6 nitrogen and oxygen atoms in total. The average molecular weight is 335 g/mol. The van der Waals surface area contributed by atoms with Crippen molar-refractivity contribution in [3.8, 4) is 0 Å². The van der Waals surface area contributed by atoms with Crippen LogP contribution >= 0.6 is 0 Å². The molecule has 1 aliphatic heterocycles. The first-order valence-electron chi connectivity index (χ1n) is 7.38. The Kier molecular flexibility index (Phi) is 4.28. The minimum absolute atomic E-state index is 0.0240. The Bertz CT molecular complexity index is 791. The molecule has 0 radical (unpaired) electrons. The number of amides is 2. The number of aromatic nitrogens is 1. The number of nitrogens with zero attached hydrogens (tertiary/aromatic N) is 2. The van der Waals surface area contributed by atoms with E-state index in [4.69, 9.17) is 4.42 Å². The van der Waals surface area contributed by atoms with Crippen LogP contribution in [0.1, 0.15) is 17.9 Å². The van der Waals surface area contributed by atoms with Gasteiger partial charge in [-0.1, -0.05) is 0 Å². The normalized spacial score (nSPS) is 17.4. The van der Waals surface area contributed by atoms with E-state index in [9.17, 15) is 18.4 Å². The van der Waals surface area contributed by atoms with Gasteiger partial charge in [-0.05, 0) is 19.1 Å². The third kappa shape index (κ3) is 3.12. The predicted octanol–water partition coefficient (Wildman–Crippen LogP) is 1.93. The summed E-state index contributed by atoms with van der Waals surface area (Å²) in [5.41, 5.74) is 0.582. The van der Waals surface area contributed by atoms with Gasteiger partial charge in [-0.25, -0.2) is 13.8 Å². The Hall–Kier alpha value is -2.77. The molecule has 1 aromatic carbocycles. The molecule has 24 heavy (non-hydrogen) atoms. The van der Waals surface area contributed by atoms with E-state index in [1.54, 1.807) is 6.92 Å². The molecule has 1 N–H and O–H groups in total. The summed E-state index contributed by atoms with van der Waals surface area (Å²) in [7, 11) is 0. The van der Waals surface area contributed by atoms with Gasteiger partial charge < -0.3 is 14.6 Å². The molecule has 1 aliphatic rings. The Labute approximate surface area is 136 Å². The molecule has 1 saturated heterocycles. The summed E-state index contributed by atoms with van der Waals surface area (Å²) in [5.74, 6) is -2.25. The SMILES string of the molecule is Cc1ocnc1CNC(=O)C1CC(=O)N(c2ccc(F)cc2F)C1. The summed E-state index contributed by atoms with van der Waals surface area (Å²) in [4.78, 5) is 29.4. The van der Waals surface area contributed by atoms with E-state index in [0.717, 1.165) is 6.07 Å². The maximum Gasteiger partial charge on any atom is 0.227 e. The Morgan fingerprint density at radius 1 is 1.46 bits per heavy atom. The monoisotopic (exact) mass is 335 g/mol. The molecule has 126 valence electrons. The molecule has 1 fully saturated rings. The van der Waals surface area contributed by atoms with Gasteiger partial charge in [-0.3, -0.25) is 9.59 Å². The number of rotatable bonds is 4. The fraction of sp³-hybridized carbons (Fsp3) is 0.312. The van der Waals surface area contributed by atoms with Crippen molar-refractivity contribution in [1.82, 2.24) is 10.3 Å². The van der Waals surface area contributed by atoms with Crippen LogP contribution in [0.5, 0.6) is 0 Å². The zero-order valence-corrected chi connectivity index (χ0v) is 12.9.